The van der Waals surface area contributed by atoms with Crippen molar-refractivity contribution in [2.45, 2.75) is 63.9 Å². The fourth-order valence-electron chi connectivity index (χ4n) is 3.56. The lowest BCUT2D eigenvalue weighted by atomic mass is 9.84. The van der Waals surface area contributed by atoms with Crippen molar-refractivity contribution < 1.29 is 17.4 Å². The Morgan fingerprint density at radius 3 is 2.53 bits per heavy atom. The van der Waals surface area contributed by atoms with Gasteiger partial charge in [0, 0.05) is 18.5 Å². The summed E-state index contributed by atoms with van der Waals surface area (Å²) in [4.78, 5) is 14.8. The number of hydrogen-bond acceptors (Lipinski definition) is 4. The number of halogens is 1. The third kappa shape index (κ3) is 4.98. The molecule has 0 heterocycles. The van der Waals surface area contributed by atoms with Crippen molar-refractivity contribution in [3.05, 3.63) is 58.6 Å². The van der Waals surface area contributed by atoms with E-state index in [1.165, 1.54) is 6.07 Å². The van der Waals surface area contributed by atoms with E-state index in [1.54, 1.807) is 37.3 Å². The van der Waals surface area contributed by atoms with Crippen molar-refractivity contribution in [2.75, 3.05) is 0 Å². The van der Waals surface area contributed by atoms with Gasteiger partial charge in [-0.1, -0.05) is 49.2 Å². The largest absolute Gasteiger partial charge is 0.379 e. The highest BCUT2D eigenvalue weighted by molar-refractivity contribution is 7.87. The molecule has 1 fully saturated rings. The molecule has 0 aliphatic heterocycles. The van der Waals surface area contributed by atoms with Crippen molar-refractivity contribution in [1.29, 1.82) is 0 Å². The van der Waals surface area contributed by atoms with Crippen LogP contribution in [0.2, 0.25) is 5.02 Å². The Morgan fingerprint density at radius 2 is 1.93 bits per heavy atom. The lowest BCUT2D eigenvalue weighted by Gasteiger charge is -2.35. The van der Waals surface area contributed by atoms with Crippen molar-refractivity contribution in [1.82, 2.24) is 4.90 Å². The van der Waals surface area contributed by atoms with Gasteiger partial charge in [0.15, 0.2) is 0 Å². The fraction of sp³-hybridized carbons (Fsp3) is 0.435. The van der Waals surface area contributed by atoms with Crippen LogP contribution < -0.4 is 4.18 Å². The highest BCUT2D eigenvalue weighted by atomic mass is 35.5. The molecule has 30 heavy (non-hydrogen) atoms. The van der Waals surface area contributed by atoms with Crippen molar-refractivity contribution >= 4 is 27.6 Å². The third-order valence-electron chi connectivity index (χ3n) is 5.73. The van der Waals surface area contributed by atoms with Crippen molar-refractivity contribution in [3.63, 3.8) is 0 Å². The highest BCUT2D eigenvalue weighted by Gasteiger charge is 2.31. The summed E-state index contributed by atoms with van der Waals surface area (Å²) in [6.07, 6.45) is 3.86. The third-order valence-corrected chi connectivity index (χ3v) is 7.61. The lowest BCUT2D eigenvalue weighted by molar-refractivity contribution is -0.141. The molecule has 3 rings (SSSR count). The van der Waals surface area contributed by atoms with E-state index >= 15 is 0 Å². The van der Waals surface area contributed by atoms with Crippen LogP contribution in [0.3, 0.4) is 0 Å². The molecule has 2 aromatic carbocycles. The number of nitrogens with zero attached hydrogens (tertiary/aromatic N) is 1. The minimum atomic E-state index is -4.08. The quantitative estimate of drug-likeness (QED) is 0.510. The summed E-state index contributed by atoms with van der Waals surface area (Å²) in [6.45, 7) is 6.20. The normalized spacial score (nSPS) is 15.3. The summed E-state index contributed by atoms with van der Waals surface area (Å²) in [5.41, 5.74) is 1.35. The van der Waals surface area contributed by atoms with E-state index in [2.05, 4.69) is 6.92 Å². The van der Waals surface area contributed by atoms with Gasteiger partial charge in [-0.2, -0.15) is 8.42 Å². The second-order valence-electron chi connectivity index (χ2n) is 7.92. The molecule has 1 atom stereocenters. The predicted molar refractivity (Wildman–Crippen MR) is 118 cm³/mol. The van der Waals surface area contributed by atoms with Gasteiger partial charge in [-0.15, -0.1) is 0 Å². The van der Waals surface area contributed by atoms with Crippen LogP contribution >= 0.6 is 11.6 Å². The second-order valence-corrected chi connectivity index (χ2v) is 9.81. The lowest BCUT2D eigenvalue weighted by Crippen LogP contribution is -2.43. The molecule has 0 spiro atoms. The monoisotopic (exact) mass is 449 g/mol. The Balaban J connectivity index is 1.82. The second kappa shape index (κ2) is 9.40. The van der Waals surface area contributed by atoms with E-state index in [9.17, 15) is 13.2 Å². The highest BCUT2D eigenvalue weighted by Crippen LogP contribution is 2.31. The molecule has 0 unspecified atom stereocenters. The molecule has 1 saturated carbocycles. The van der Waals surface area contributed by atoms with Crippen LogP contribution in [0.1, 0.15) is 50.7 Å². The Kier molecular flexibility index (Phi) is 7.09. The van der Waals surface area contributed by atoms with Gasteiger partial charge in [-0.05, 0) is 62.4 Å². The zero-order chi connectivity index (χ0) is 21.9. The molecule has 5 nitrogen and oxygen atoms in total. The van der Waals surface area contributed by atoms with Gasteiger partial charge in [0.1, 0.15) is 10.6 Å². The van der Waals surface area contributed by atoms with Gasteiger partial charge < -0.3 is 9.08 Å². The molecular formula is C23H28ClNO4S. The summed E-state index contributed by atoms with van der Waals surface area (Å²) < 4.78 is 31.0. The molecule has 0 bridgehead atoms. The fourth-order valence-corrected chi connectivity index (χ4v) is 5.27. The smallest absolute Gasteiger partial charge is 0.340 e. The molecule has 1 aliphatic rings. The van der Waals surface area contributed by atoms with Crippen molar-refractivity contribution in [3.8, 4) is 5.75 Å². The van der Waals surface area contributed by atoms with Gasteiger partial charge in [0.2, 0.25) is 5.91 Å². The van der Waals surface area contributed by atoms with Crippen LogP contribution in [0.25, 0.3) is 0 Å². The van der Waals surface area contributed by atoms with Crippen LogP contribution in [0.15, 0.2) is 47.4 Å². The molecule has 0 saturated heterocycles. The maximum absolute atomic E-state index is 12.9. The van der Waals surface area contributed by atoms with Gasteiger partial charge in [-0.25, -0.2) is 0 Å². The molecule has 0 N–H and O–H groups in total. The SMILES string of the molecule is CC[C@H](C)N(Cc1cccc(OS(=O)(=O)c2c(C)cccc2Cl)c1)C(=O)C1CCC1. The van der Waals surface area contributed by atoms with Crippen LogP contribution in [0.4, 0.5) is 0 Å². The average molecular weight is 450 g/mol. The summed E-state index contributed by atoms with van der Waals surface area (Å²) >= 11 is 6.11. The van der Waals surface area contributed by atoms with Gasteiger partial charge in [0.25, 0.3) is 0 Å². The topological polar surface area (TPSA) is 63.7 Å². The summed E-state index contributed by atoms with van der Waals surface area (Å²) in [6, 6.07) is 11.9. The van der Waals surface area contributed by atoms with Crippen LogP contribution in [-0.2, 0) is 21.5 Å². The average Bonchev–Trinajstić information content (AvgIpc) is 2.63. The first-order chi connectivity index (χ1) is 14.2. The van der Waals surface area contributed by atoms with E-state index in [1.807, 2.05) is 17.9 Å². The van der Waals surface area contributed by atoms with Gasteiger partial charge >= 0.3 is 10.1 Å². The Hall–Kier alpha value is -2.05. The number of carbonyl (C=O) groups is 1. The van der Waals surface area contributed by atoms with E-state index in [-0.39, 0.29) is 33.5 Å². The van der Waals surface area contributed by atoms with Crippen molar-refractivity contribution in [2.24, 2.45) is 5.92 Å². The van der Waals surface area contributed by atoms with Crippen LogP contribution in [-0.4, -0.2) is 25.3 Å². The summed E-state index contributed by atoms with van der Waals surface area (Å²) in [5.74, 6) is 0.496. The molecule has 162 valence electrons. The first-order valence-electron chi connectivity index (χ1n) is 10.3. The van der Waals surface area contributed by atoms with E-state index < -0.39 is 10.1 Å². The molecular weight excluding hydrogens is 422 g/mol. The van der Waals surface area contributed by atoms with Crippen LogP contribution in [0.5, 0.6) is 5.75 Å². The number of amides is 1. The molecule has 0 aromatic heterocycles. The Labute approximate surface area is 184 Å². The molecule has 0 radical (unpaired) electrons. The number of rotatable bonds is 8. The molecule has 1 amide bonds. The van der Waals surface area contributed by atoms with Gasteiger partial charge in [-0.3, -0.25) is 4.79 Å². The maximum Gasteiger partial charge on any atom is 0.340 e. The number of aryl methyl sites for hydroxylation is 1. The number of hydrogen-bond donors (Lipinski definition) is 0. The molecule has 7 heteroatoms. The Bertz CT molecular complexity index is 997. The van der Waals surface area contributed by atoms with E-state index in [4.69, 9.17) is 15.8 Å². The predicted octanol–water partition coefficient (Wildman–Crippen LogP) is 5.34. The number of benzene rings is 2. The molecule has 1 aliphatic carbocycles. The van der Waals surface area contributed by atoms with E-state index in [0.717, 1.165) is 31.2 Å². The summed E-state index contributed by atoms with van der Waals surface area (Å²) in [5, 5.41) is 0.125. The zero-order valence-corrected chi connectivity index (χ0v) is 19.2. The standard InChI is InChI=1S/C23H28ClNO4S/c1-4-17(3)25(23(26)19-10-7-11-19)15-18-9-6-12-20(14-18)29-30(27,28)22-16(2)8-5-13-21(22)24/h5-6,8-9,12-14,17,19H,4,7,10-11,15H2,1-3H3/t17-/m0/s1. The van der Waals surface area contributed by atoms with Gasteiger partial charge in [0.05, 0.1) is 5.02 Å². The van der Waals surface area contributed by atoms with E-state index in [0.29, 0.717) is 12.1 Å². The zero-order valence-electron chi connectivity index (χ0n) is 17.6. The maximum atomic E-state index is 12.9. The first kappa shape index (κ1) is 22.6. The summed E-state index contributed by atoms with van der Waals surface area (Å²) in [7, 11) is -4.08. The minimum Gasteiger partial charge on any atom is -0.379 e. The first-order valence-corrected chi connectivity index (χ1v) is 12.1. The Morgan fingerprint density at radius 1 is 1.23 bits per heavy atom. The number of carbonyl (C=O) groups excluding carboxylic acids is 1. The molecule has 2 aromatic rings. The van der Waals surface area contributed by atoms with Crippen LogP contribution in [0, 0.1) is 12.8 Å². The minimum absolute atomic E-state index is 0.0292.